The third-order valence-electron chi connectivity index (χ3n) is 3.15. The molecule has 1 saturated heterocycles. The molecule has 17 heavy (non-hydrogen) atoms. The van der Waals surface area contributed by atoms with Gasteiger partial charge in [-0.15, -0.1) is 11.6 Å². The molecular weight excluding hydrogens is 263 g/mol. The van der Waals surface area contributed by atoms with E-state index in [1.165, 1.54) is 0 Å². The van der Waals surface area contributed by atoms with Gasteiger partial charge in [-0.05, 0) is 40.5 Å². The fraction of sp³-hybridized carbons (Fsp3) is 0.909. The van der Waals surface area contributed by atoms with Crippen molar-refractivity contribution in [2.75, 3.05) is 5.88 Å². The van der Waals surface area contributed by atoms with E-state index in [9.17, 15) is 4.79 Å². The highest BCUT2D eigenvalue weighted by atomic mass is 35.5. The molecule has 0 aromatic carbocycles. The molecule has 0 bridgehead atoms. The fourth-order valence-electron chi connectivity index (χ4n) is 2.82. The van der Waals surface area contributed by atoms with E-state index >= 15 is 0 Å². The number of hydrogen-bond acceptors (Lipinski definition) is 3. The van der Waals surface area contributed by atoms with Crippen LogP contribution in [0.15, 0.2) is 0 Å². The van der Waals surface area contributed by atoms with Gasteiger partial charge in [-0.2, -0.15) is 9.45 Å². The third-order valence-corrected chi connectivity index (χ3v) is 3.53. The monoisotopic (exact) mass is 282 g/mol. The molecule has 0 atom stereocenters. The highest BCUT2D eigenvalue weighted by molar-refractivity contribution is 6.27. The van der Waals surface area contributed by atoms with Crippen LogP contribution in [-0.4, -0.2) is 34.0 Å². The molecule has 1 fully saturated rings. The Morgan fingerprint density at radius 1 is 1.35 bits per heavy atom. The molecule has 0 unspecified atom stereocenters. The van der Waals surface area contributed by atoms with Crippen molar-refractivity contribution < 1.29 is 9.18 Å². The zero-order valence-electron chi connectivity index (χ0n) is 10.7. The van der Waals surface area contributed by atoms with Crippen molar-refractivity contribution in [1.29, 1.82) is 0 Å². The van der Waals surface area contributed by atoms with Crippen molar-refractivity contribution in [3.05, 3.63) is 0 Å². The first-order valence-corrected chi connectivity index (χ1v) is 6.51. The molecule has 1 aliphatic rings. The Labute approximate surface area is 113 Å². The summed E-state index contributed by atoms with van der Waals surface area (Å²) < 4.78 is 4.97. The lowest BCUT2D eigenvalue weighted by atomic mass is 9.79. The number of carbonyl (C=O) groups excluding carboxylic acids is 1. The molecule has 1 N–H and O–H groups in total. The first-order valence-electron chi connectivity index (χ1n) is 5.67. The number of alkyl halides is 1. The maximum Gasteiger partial charge on any atom is 0.235 e. The van der Waals surface area contributed by atoms with Gasteiger partial charge in [-0.25, -0.2) is 0 Å². The summed E-state index contributed by atoms with van der Waals surface area (Å²) in [6.45, 7) is 8.15. The summed E-state index contributed by atoms with van der Waals surface area (Å²) in [7, 11) is 0. The van der Waals surface area contributed by atoms with E-state index < -0.39 is 0 Å². The minimum absolute atomic E-state index is 0.00687. The van der Waals surface area contributed by atoms with Crippen molar-refractivity contribution in [2.45, 2.75) is 57.7 Å². The zero-order valence-corrected chi connectivity index (χ0v) is 12.2. The summed E-state index contributed by atoms with van der Waals surface area (Å²) in [5.74, 6) is -0.143. The van der Waals surface area contributed by atoms with Crippen LogP contribution >= 0.6 is 23.5 Å². The quantitative estimate of drug-likeness (QED) is 0.809. The Bertz CT molecular complexity index is 277. The molecule has 0 aromatic heterocycles. The molecule has 4 nitrogen and oxygen atoms in total. The van der Waals surface area contributed by atoms with E-state index in [1.54, 1.807) is 5.06 Å². The third kappa shape index (κ3) is 3.47. The van der Waals surface area contributed by atoms with Gasteiger partial charge in [-0.3, -0.25) is 4.79 Å². The van der Waals surface area contributed by atoms with Crippen LogP contribution in [0.3, 0.4) is 0 Å². The van der Waals surface area contributed by atoms with Crippen molar-refractivity contribution >= 4 is 29.4 Å². The predicted molar refractivity (Wildman–Crippen MR) is 68.8 cm³/mol. The van der Waals surface area contributed by atoms with Gasteiger partial charge in [0.15, 0.2) is 0 Å². The maximum atomic E-state index is 11.3. The van der Waals surface area contributed by atoms with Crippen molar-refractivity contribution in [3.8, 4) is 0 Å². The van der Waals surface area contributed by atoms with Gasteiger partial charge in [0.1, 0.15) is 5.88 Å². The maximum absolute atomic E-state index is 11.3. The normalized spacial score (nSPS) is 24.6. The molecule has 0 aliphatic carbocycles. The molecule has 1 amide bonds. The lowest BCUT2D eigenvalue weighted by Gasteiger charge is -2.52. The summed E-state index contributed by atoms with van der Waals surface area (Å²) in [6.07, 6.45) is 1.54. The number of hydroxylamine groups is 2. The zero-order chi connectivity index (χ0) is 13.3. The largest absolute Gasteiger partial charge is 0.352 e. The van der Waals surface area contributed by atoms with Crippen LogP contribution < -0.4 is 5.32 Å². The molecule has 1 rings (SSSR count). The van der Waals surface area contributed by atoms with Crippen LogP contribution in [-0.2, 0) is 9.18 Å². The minimum Gasteiger partial charge on any atom is -0.352 e. The molecule has 0 aromatic rings. The number of nitrogens with one attached hydrogen (secondary N) is 1. The Balaban J connectivity index is 2.80. The molecular formula is C11H20Cl2N2O2. The van der Waals surface area contributed by atoms with E-state index in [0.717, 1.165) is 12.8 Å². The second kappa shape index (κ2) is 5.31. The average molecular weight is 283 g/mol. The molecule has 1 aliphatic heterocycles. The molecule has 0 spiro atoms. The van der Waals surface area contributed by atoms with Crippen molar-refractivity contribution in [2.24, 2.45) is 0 Å². The van der Waals surface area contributed by atoms with Crippen LogP contribution in [0, 0.1) is 0 Å². The molecule has 0 radical (unpaired) electrons. The van der Waals surface area contributed by atoms with Crippen LogP contribution in [0.4, 0.5) is 0 Å². The van der Waals surface area contributed by atoms with Gasteiger partial charge in [0.25, 0.3) is 0 Å². The van der Waals surface area contributed by atoms with E-state index in [0.29, 0.717) is 0 Å². The van der Waals surface area contributed by atoms with Crippen LogP contribution in [0.1, 0.15) is 40.5 Å². The fourth-order valence-corrected chi connectivity index (χ4v) is 3.27. The summed E-state index contributed by atoms with van der Waals surface area (Å²) in [6, 6.07) is 0.0920. The van der Waals surface area contributed by atoms with Crippen LogP contribution in [0.2, 0.25) is 0 Å². The summed E-state index contributed by atoms with van der Waals surface area (Å²) in [5, 5.41) is 4.71. The number of carbonyl (C=O) groups is 1. The first-order chi connectivity index (χ1) is 7.73. The van der Waals surface area contributed by atoms with Gasteiger partial charge >= 0.3 is 0 Å². The summed E-state index contributed by atoms with van der Waals surface area (Å²) in [4.78, 5) is 11.3. The second-order valence-electron chi connectivity index (χ2n) is 5.79. The van der Waals surface area contributed by atoms with Gasteiger partial charge in [-0.1, -0.05) is 0 Å². The number of halogens is 2. The number of rotatable bonds is 3. The number of hydrogen-bond donors (Lipinski definition) is 1. The lowest BCUT2D eigenvalue weighted by Crippen LogP contribution is -2.63. The Hall–Kier alpha value is -0.0300. The van der Waals surface area contributed by atoms with E-state index in [2.05, 4.69) is 5.32 Å². The van der Waals surface area contributed by atoms with Gasteiger partial charge in [0.2, 0.25) is 5.91 Å². The van der Waals surface area contributed by atoms with Crippen LogP contribution in [0.25, 0.3) is 0 Å². The van der Waals surface area contributed by atoms with Gasteiger partial charge in [0.05, 0.1) is 11.9 Å². The minimum atomic E-state index is -0.242. The van der Waals surface area contributed by atoms with Crippen molar-refractivity contribution in [1.82, 2.24) is 10.4 Å². The average Bonchev–Trinajstić information content (AvgIpc) is 2.14. The van der Waals surface area contributed by atoms with Crippen LogP contribution in [0.5, 0.6) is 0 Å². The Morgan fingerprint density at radius 2 is 1.82 bits per heavy atom. The second-order valence-corrected chi connectivity index (χ2v) is 6.20. The molecule has 0 saturated carbocycles. The highest BCUT2D eigenvalue weighted by Crippen LogP contribution is 2.38. The topological polar surface area (TPSA) is 41.6 Å². The SMILES string of the molecule is CC1(C)CC(NC(=O)CCl)CC(C)(C)N1OCl. The number of nitrogens with zero attached hydrogens (tertiary/aromatic N) is 1. The number of amides is 1. The number of piperidine rings is 1. The van der Waals surface area contributed by atoms with Crippen molar-refractivity contribution in [3.63, 3.8) is 0 Å². The molecule has 6 heteroatoms. The van der Waals surface area contributed by atoms with E-state index in [4.69, 9.17) is 27.9 Å². The molecule has 1 heterocycles. The highest BCUT2D eigenvalue weighted by Gasteiger charge is 2.47. The summed E-state index contributed by atoms with van der Waals surface area (Å²) in [5.41, 5.74) is -0.485. The molecule has 100 valence electrons. The van der Waals surface area contributed by atoms with Gasteiger partial charge in [0, 0.05) is 17.1 Å². The first kappa shape index (κ1) is 15.0. The van der Waals surface area contributed by atoms with E-state index in [1.807, 2.05) is 27.7 Å². The van der Waals surface area contributed by atoms with E-state index in [-0.39, 0.29) is 28.9 Å². The lowest BCUT2D eigenvalue weighted by molar-refractivity contribution is -0.219. The Kier molecular flexibility index (Phi) is 4.69. The summed E-state index contributed by atoms with van der Waals surface area (Å²) >= 11 is 11.0. The van der Waals surface area contributed by atoms with Gasteiger partial charge < -0.3 is 5.32 Å². The predicted octanol–water partition coefficient (Wildman–Crippen LogP) is 2.45. The Morgan fingerprint density at radius 3 is 2.18 bits per heavy atom. The smallest absolute Gasteiger partial charge is 0.235 e. The standard InChI is InChI=1S/C11H20Cl2N2O2/c1-10(2)5-8(14-9(16)7-12)6-11(3,4)15(10)17-13/h8H,5-7H2,1-4H3,(H,14,16).